The third-order valence-corrected chi connectivity index (χ3v) is 6.86. The van der Waals surface area contributed by atoms with Crippen molar-refractivity contribution in [2.24, 2.45) is 10.9 Å². The monoisotopic (exact) mass is 555 g/mol. The highest BCUT2D eigenvalue weighted by Gasteiger charge is 2.29. The van der Waals surface area contributed by atoms with Gasteiger partial charge in [0.25, 0.3) is 0 Å². The zero-order chi connectivity index (χ0) is 21.5. The molecular formula is C23H38IN7O. The summed E-state index contributed by atoms with van der Waals surface area (Å²) in [6.07, 6.45) is 6.49. The number of hydrogen-bond acceptors (Lipinski definition) is 5. The quantitative estimate of drug-likeness (QED) is 0.339. The van der Waals surface area contributed by atoms with Gasteiger partial charge < -0.3 is 20.0 Å². The molecule has 1 aliphatic carbocycles. The first-order chi connectivity index (χ1) is 15.2. The average Bonchev–Trinajstić information content (AvgIpc) is 3.38. The number of amides is 1. The van der Waals surface area contributed by atoms with Crippen molar-refractivity contribution in [2.75, 3.05) is 77.4 Å². The van der Waals surface area contributed by atoms with Gasteiger partial charge in [-0.1, -0.05) is 18.9 Å². The number of carbonyl (C=O) groups excluding carboxylic acids is 1. The number of halogens is 1. The molecule has 32 heavy (non-hydrogen) atoms. The molecule has 0 radical (unpaired) electrons. The van der Waals surface area contributed by atoms with Gasteiger partial charge in [0.15, 0.2) is 5.96 Å². The predicted octanol–water partition coefficient (Wildman–Crippen LogP) is 1.73. The third-order valence-electron chi connectivity index (χ3n) is 6.86. The van der Waals surface area contributed by atoms with Crippen LogP contribution in [0.4, 0.5) is 5.82 Å². The first-order valence-corrected chi connectivity index (χ1v) is 11.9. The van der Waals surface area contributed by atoms with Crippen molar-refractivity contribution in [1.29, 1.82) is 0 Å². The van der Waals surface area contributed by atoms with E-state index in [4.69, 9.17) is 0 Å². The Morgan fingerprint density at radius 3 is 2.34 bits per heavy atom. The predicted molar refractivity (Wildman–Crippen MR) is 140 cm³/mol. The van der Waals surface area contributed by atoms with Crippen molar-refractivity contribution in [3.63, 3.8) is 0 Å². The molecule has 3 aliphatic rings. The minimum Gasteiger partial charge on any atom is -0.355 e. The van der Waals surface area contributed by atoms with Crippen molar-refractivity contribution in [2.45, 2.75) is 25.7 Å². The van der Waals surface area contributed by atoms with Crippen molar-refractivity contribution >= 4 is 41.7 Å². The lowest BCUT2D eigenvalue weighted by molar-refractivity contribution is -0.137. The highest BCUT2D eigenvalue weighted by atomic mass is 127. The fourth-order valence-corrected chi connectivity index (χ4v) is 4.97. The number of nitrogens with zero attached hydrogens (tertiary/aromatic N) is 6. The molecule has 9 heteroatoms. The second-order valence-corrected chi connectivity index (χ2v) is 8.78. The number of anilines is 1. The van der Waals surface area contributed by atoms with Crippen molar-refractivity contribution in [3.8, 4) is 0 Å². The smallest absolute Gasteiger partial charge is 0.225 e. The summed E-state index contributed by atoms with van der Waals surface area (Å²) >= 11 is 0. The molecule has 8 nitrogen and oxygen atoms in total. The van der Waals surface area contributed by atoms with E-state index >= 15 is 0 Å². The number of nitrogens with one attached hydrogen (secondary N) is 1. The molecule has 1 N–H and O–H groups in total. The lowest BCUT2D eigenvalue weighted by atomic mass is 10.1. The lowest BCUT2D eigenvalue weighted by Crippen LogP contribution is -2.54. The Morgan fingerprint density at radius 1 is 1.03 bits per heavy atom. The lowest BCUT2D eigenvalue weighted by Gasteiger charge is -2.38. The number of carbonyl (C=O) groups is 1. The van der Waals surface area contributed by atoms with E-state index in [1.807, 2.05) is 25.4 Å². The molecule has 0 spiro atoms. The molecule has 0 aromatic carbocycles. The topological polar surface area (TPSA) is 67.3 Å². The first kappa shape index (κ1) is 25.0. The molecule has 0 unspecified atom stereocenters. The van der Waals surface area contributed by atoms with Gasteiger partial charge in [-0.15, -0.1) is 24.0 Å². The zero-order valence-corrected chi connectivity index (χ0v) is 21.6. The first-order valence-electron chi connectivity index (χ1n) is 11.9. The maximum absolute atomic E-state index is 12.6. The Labute approximate surface area is 209 Å². The fourth-order valence-electron chi connectivity index (χ4n) is 4.97. The van der Waals surface area contributed by atoms with Crippen LogP contribution < -0.4 is 10.2 Å². The van der Waals surface area contributed by atoms with Gasteiger partial charge in [-0.05, 0) is 25.0 Å². The van der Waals surface area contributed by atoms with Crippen LogP contribution in [0.3, 0.4) is 0 Å². The van der Waals surface area contributed by atoms with Gasteiger partial charge in [-0.3, -0.25) is 14.7 Å². The fraction of sp³-hybridized carbons (Fsp3) is 0.696. The van der Waals surface area contributed by atoms with Gasteiger partial charge >= 0.3 is 0 Å². The summed E-state index contributed by atoms with van der Waals surface area (Å²) in [5.41, 5.74) is 0. The number of piperazine rings is 2. The van der Waals surface area contributed by atoms with Crippen LogP contribution in [0.25, 0.3) is 0 Å². The minimum absolute atomic E-state index is 0. The number of guanidine groups is 1. The van der Waals surface area contributed by atoms with Crippen molar-refractivity contribution < 1.29 is 4.79 Å². The van der Waals surface area contributed by atoms with Crippen LogP contribution in [0.2, 0.25) is 0 Å². The van der Waals surface area contributed by atoms with Crippen LogP contribution in [-0.2, 0) is 4.79 Å². The van der Waals surface area contributed by atoms with E-state index < -0.39 is 0 Å². The van der Waals surface area contributed by atoms with Gasteiger partial charge in [0.1, 0.15) is 5.82 Å². The highest BCUT2D eigenvalue weighted by Crippen LogP contribution is 2.26. The van der Waals surface area contributed by atoms with Gasteiger partial charge in [-0.2, -0.15) is 0 Å². The molecule has 1 aromatic rings. The standard InChI is InChI=1S/C23H37N7O.HI/c1-24-23(30-18-16-28(17-19-30)21-8-4-5-9-25-21)26-10-11-27-12-14-29(15-13-27)22(31)20-6-2-3-7-20;/h4-5,8-9,20H,2-3,6-7,10-19H2,1H3,(H,24,26);1H. The summed E-state index contributed by atoms with van der Waals surface area (Å²) in [6.45, 7) is 9.35. The molecule has 2 aliphatic heterocycles. The van der Waals surface area contributed by atoms with E-state index in [-0.39, 0.29) is 24.0 Å². The molecule has 1 saturated carbocycles. The molecule has 4 rings (SSSR count). The summed E-state index contributed by atoms with van der Waals surface area (Å²) in [5, 5.41) is 3.54. The second-order valence-electron chi connectivity index (χ2n) is 8.78. The van der Waals surface area contributed by atoms with E-state index in [0.29, 0.717) is 11.8 Å². The Kier molecular flexibility index (Phi) is 9.83. The van der Waals surface area contributed by atoms with Crippen molar-refractivity contribution in [3.05, 3.63) is 24.4 Å². The summed E-state index contributed by atoms with van der Waals surface area (Å²) in [4.78, 5) is 30.8. The second kappa shape index (κ2) is 12.6. The molecule has 2 saturated heterocycles. The minimum atomic E-state index is 0. The summed E-state index contributed by atoms with van der Waals surface area (Å²) in [7, 11) is 1.86. The SMILES string of the molecule is CN=C(NCCN1CCN(C(=O)C2CCCC2)CC1)N1CCN(c2ccccn2)CC1.I. The molecule has 0 atom stereocenters. The normalized spacial score (nSPS) is 20.9. The van der Waals surface area contributed by atoms with Crippen molar-refractivity contribution in [1.82, 2.24) is 25.0 Å². The molecule has 178 valence electrons. The number of rotatable bonds is 5. The Balaban J connectivity index is 0.00000289. The number of aromatic nitrogens is 1. The van der Waals surface area contributed by atoms with Gasteiger partial charge in [-0.25, -0.2) is 4.98 Å². The van der Waals surface area contributed by atoms with Gasteiger partial charge in [0.2, 0.25) is 5.91 Å². The average molecular weight is 556 g/mol. The Morgan fingerprint density at radius 2 is 1.72 bits per heavy atom. The van der Waals surface area contributed by atoms with E-state index in [2.05, 4.69) is 41.0 Å². The van der Waals surface area contributed by atoms with Crippen LogP contribution in [0, 0.1) is 5.92 Å². The molecule has 1 aromatic heterocycles. The number of hydrogen-bond donors (Lipinski definition) is 1. The largest absolute Gasteiger partial charge is 0.355 e. The van der Waals surface area contributed by atoms with Crippen LogP contribution in [0.15, 0.2) is 29.4 Å². The molecule has 0 bridgehead atoms. The zero-order valence-electron chi connectivity index (χ0n) is 19.3. The number of aliphatic imine (C=N–C) groups is 1. The maximum atomic E-state index is 12.6. The van der Waals surface area contributed by atoms with Gasteiger partial charge in [0.05, 0.1) is 0 Å². The summed E-state index contributed by atoms with van der Waals surface area (Å²) < 4.78 is 0. The van der Waals surface area contributed by atoms with E-state index in [1.165, 1.54) is 12.8 Å². The van der Waals surface area contributed by atoms with E-state index in [0.717, 1.165) is 90.1 Å². The van der Waals surface area contributed by atoms with Crippen LogP contribution in [-0.4, -0.2) is 104 Å². The van der Waals surface area contributed by atoms with Crippen LogP contribution in [0.1, 0.15) is 25.7 Å². The van der Waals surface area contributed by atoms with E-state index in [9.17, 15) is 4.79 Å². The van der Waals surface area contributed by atoms with Crippen LogP contribution in [0.5, 0.6) is 0 Å². The van der Waals surface area contributed by atoms with Crippen LogP contribution >= 0.6 is 24.0 Å². The van der Waals surface area contributed by atoms with Gasteiger partial charge in [0, 0.05) is 84.6 Å². The highest BCUT2D eigenvalue weighted by molar-refractivity contribution is 14.0. The molecule has 3 fully saturated rings. The number of pyridine rings is 1. The molecule has 1 amide bonds. The summed E-state index contributed by atoms with van der Waals surface area (Å²) in [5.74, 6) is 2.74. The Hall–Kier alpha value is -1.62. The molecule has 3 heterocycles. The third kappa shape index (κ3) is 6.46. The van der Waals surface area contributed by atoms with E-state index in [1.54, 1.807) is 0 Å². The maximum Gasteiger partial charge on any atom is 0.225 e. The summed E-state index contributed by atoms with van der Waals surface area (Å²) in [6, 6.07) is 6.07. The molecular weight excluding hydrogens is 517 g/mol. The Bertz CT molecular complexity index is 725.